The molecule has 0 amide bonds. The van der Waals surface area contributed by atoms with Gasteiger partial charge in [-0.05, 0) is 17.5 Å². The predicted octanol–water partition coefficient (Wildman–Crippen LogP) is 2.07. The highest BCUT2D eigenvalue weighted by Crippen LogP contribution is 2.44. The number of thioether (sulfide) groups is 1. The van der Waals surface area contributed by atoms with Crippen molar-refractivity contribution >= 4 is 16.9 Å². The number of amidine groups is 1. The van der Waals surface area contributed by atoms with Gasteiger partial charge in [-0.2, -0.15) is 0 Å². The van der Waals surface area contributed by atoms with Crippen molar-refractivity contribution < 1.29 is 0 Å². The molecule has 1 fully saturated rings. The van der Waals surface area contributed by atoms with Crippen molar-refractivity contribution in [2.24, 2.45) is 4.99 Å². The van der Waals surface area contributed by atoms with Gasteiger partial charge in [-0.3, -0.25) is 4.99 Å². The monoisotopic (exact) mass is 216 g/mol. The third-order valence-corrected chi connectivity index (χ3v) is 4.61. The number of aliphatic imine (C=N–C) groups is 1. The molecular weight excluding hydrogens is 204 g/mol. The molecule has 2 heterocycles. The van der Waals surface area contributed by atoms with Crippen LogP contribution < -0.4 is 0 Å². The molecule has 2 aliphatic heterocycles. The van der Waals surface area contributed by atoms with E-state index in [4.69, 9.17) is 4.99 Å². The maximum atomic E-state index is 4.86. The Bertz CT molecular complexity index is 455. The van der Waals surface area contributed by atoms with Crippen LogP contribution in [-0.4, -0.2) is 28.4 Å². The van der Waals surface area contributed by atoms with Crippen LogP contribution in [0, 0.1) is 0 Å². The van der Waals surface area contributed by atoms with Gasteiger partial charge in [0.1, 0.15) is 0 Å². The van der Waals surface area contributed by atoms with Crippen molar-refractivity contribution in [2.75, 3.05) is 12.3 Å². The van der Waals surface area contributed by atoms with E-state index in [1.54, 1.807) is 0 Å². The van der Waals surface area contributed by atoms with Crippen LogP contribution in [0.1, 0.15) is 17.2 Å². The molecule has 2 atom stereocenters. The van der Waals surface area contributed by atoms with Crippen molar-refractivity contribution in [3.63, 3.8) is 0 Å². The molecule has 2 nitrogen and oxygen atoms in total. The molecule has 1 aromatic rings. The van der Waals surface area contributed by atoms with Crippen molar-refractivity contribution in [2.45, 2.75) is 18.5 Å². The van der Waals surface area contributed by atoms with E-state index in [0.717, 1.165) is 0 Å². The smallest absolute Gasteiger partial charge is 0.160 e. The molecule has 0 spiro atoms. The first-order chi connectivity index (χ1) is 7.43. The summed E-state index contributed by atoms with van der Waals surface area (Å²) in [7, 11) is 0. The zero-order valence-corrected chi connectivity index (χ0v) is 9.20. The summed E-state index contributed by atoms with van der Waals surface area (Å²) in [5.74, 6) is 1.22. The van der Waals surface area contributed by atoms with Crippen molar-refractivity contribution in [3.05, 3.63) is 35.4 Å². The Morgan fingerprint density at radius 3 is 3.27 bits per heavy atom. The second-order valence-corrected chi connectivity index (χ2v) is 5.43. The van der Waals surface area contributed by atoms with Gasteiger partial charge in [-0.1, -0.05) is 36.0 Å². The Balaban J connectivity index is 1.83. The van der Waals surface area contributed by atoms with Crippen LogP contribution in [0.15, 0.2) is 29.3 Å². The quantitative estimate of drug-likeness (QED) is 0.660. The van der Waals surface area contributed by atoms with Crippen molar-refractivity contribution in [1.82, 2.24) is 4.90 Å². The lowest BCUT2D eigenvalue weighted by atomic mass is 10.1. The Morgan fingerprint density at radius 2 is 2.27 bits per heavy atom. The Hall–Kier alpha value is -0.960. The van der Waals surface area contributed by atoms with E-state index < -0.39 is 0 Å². The second-order valence-electron chi connectivity index (χ2n) is 4.37. The fraction of sp³-hybridized carbons (Fsp3) is 0.417. The van der Waals surface area contributed by atoms with Gasteiger partial charge in [0.05, 0.1) is 12.1 Å². The number of nitrogens with zero attached hydrogens (tertiary/aromatic N) is 2. The van der Waals surface area contributed by atoms with E-state index in [0.29, 0.717) is 12.1 Å². The lowest BCUT2D eigenvalue weighted by molar-refractivity contribution is 0.344. The van der Waals surface area contributed by atoms with E-state index >= 15 is 0 Å². The van der Waals surface area contributed by atoms with Gasteiger partial charge in [0, 0.05) is 12.3 Å². The highest BCUT2D eigenvalue weighted by molar-refractivity contribution is 8.14. The third kappa shape index (κ3) is 0.991. The third-order valence-electron chi connectivity index (χ3n) is 3.63. The van der Waals surface area contributed by atoms with Gasteiger partial charge >= 0.3 is 0 Å². The van der Waals surface area contributed by atoms with Gasteiger partial charge in [0.2, 0.25) is 0 Å². The normalized spacial score (nSPS) is 31.2. The summed E-state index contributed by atoms with van der Waals surface area (Å²) in [6.07, 6.45) is 1.19. The largest absolute Gasteiger partial charge is 0.345 e. The summed E-state index contributed by atoms with van der Waals surface area (Å²) in [5, 5.41) is 1.29. The van der Waals surface area contributed by atoms with Gasteiger partial charge in [-0.15, -0.1) is 0 Å². The minimum absolute atomic E-state index is 0.434. The number of hydrogen-bond acceptors (Lipinski definition) is 3. The molecule has 0 aromatic heterocycles. The maximum Gasteiger partial charge on any atom is 0.160 e. The van der Waals surface area contributed by atoms with E-state index in [-0.39, 0.29) is 0 Å². The molecule has 76 valence electrons. The standard InChI is InChI=1S/C12H12N2S/c1-2-4-9-8(3-1)7-10-11(9)13-12-14(10)5-6-15-12/h1-4,10-11H,5-7H2/t10-,11+/m0/s1. The molecule has 1 aromatic carbocycles. The lowest BCUT2D eigenvalue weighted by Gasteiger charge is -2.20. The molecule has 3 heteroatoms. The average molecular weight is 216 g/mol. The maximum absolute atomic E-state index is 4.86. The second kappa shape index (κ2) is 2.79. The highest BCUT2D eigenvalue weighted by atomic mass is 32.2. The molecule has 4 rings (SSSR count). The first-order valence-corrected chi connectivity index (χ1v) is 6.47. The van der Waals surface area contributed by atoms with Crippen LogP contribution >= 0.6 is 11.8 Å². The Labute approximate surface area is 93.4 Å². The van der Waals surface area contributed by atoms with E-state index in [9.17, 15) is 0 Å². The lowest BCUT2D eigenvalue weighted by Crippen LogP contribution is -2.32. The molecule has 0 saturated carbocycles. The fourth-order valence-corrected chi connectivity index (χ4v) is 3.99. The number of fused-ring (bicyclic) bond motifs is 5. The van der Waals surface area contributed by atoms with Crippen LogP contribution in [0.5, 0.6) is 0 Å². The fourth-order valence-electron chi connectivity index (χ4n) is 2.94. The van der Waals surface area contributed by atoms with Crippen LogP contribution in [0.3, 0.4) is 0 Å². The molecule has 0 N–H and O–H groups in total. The molecule has 1 saturated heterocycles. The zero-order chi connectivity index (χ0) is 9.83. The molecule has 0 radical (unpaired) electrons. The van der Waals surface area contributed by atoms with Crippen LogP contribution in [0.2, 0.25) is 0 Å². The molecule has 0 bridgehead atoms. The summed E-state index contributed by atoms with van der Waals surface area (Å²) in [6, 6.07) is 9.85. The van der Waals surface area contributed by atoms with E-state index in [1.165, 1.54) is 35.0 Å². The van der Waals surface area contributed by atoms with Crippen LogP contribution in [-0.2, 0) is 6.42 Å². The SMILES string of the molecule is c1ccc2c(c1)C[C@H]1[C@@H]2N=C2SCCN21. The predicted molar refractivity (Wildman–Crippen MR) is 63.3 cm³/mol. The number of rotatable bonds is 0. The molecular formula is C12H12N2S. The molecule has 1 aliphatic carbocycles. The Kier molecular flexibility index (Phi) is 1.53. The summed E-state index contributed by atoms with van der Waals surface area (Å²) in [4.78, 5) is 7.37. The zero-order valence-electron chi connectivity index (χ0n) is 8.39. The first kappa shape index (κ1) is 8.22. The molecule has 0 unspecified atom stereocenters. The summed E-state index contributed by atoms with van der Waals surface area (Å²) >= 11 is 1.92. The topological polar surface area (TPSA) is 15.6 Å². The molecule has 3 aliphatic rings. The minimum atomic E-state index is 0.434. The summed E-state index contributed by atoms with van der Waals surface area (Å²) in [6.45, 7) is 1.19. The van der Waals surface area contributed by atoms with E-state index in [1.807, 2.05) is 11.8 Å². The van der Waals surface area contributed by atoms with Gasteiger partial charge < -0.3 is 4.90 Å². The van der Waals surface area contributed by atoms with Gasteiger partial charge in [0.25, 0.3) is 0 Å². The summed E-state index contributed by atoms with van der Waals surface area (Å²) in [5.41, 5.74) is 2.97. The number of benzene rings is 1. The van der Waals surface area contributed by atoms with Crippen LogP contribution in [0.4, 0.5) is 0 Å². The summed E-state index contributed by atoms with van der Waals surface area (Å²) < 4.78 is 0. The number of hydrogen-bond donors (Lipinski definition) is 0. The van der Waals surface area contributed by atoms with E-state index in [2.05, 4.69) is 29.2 Å². The van der Waals surface area contributed by atoms with Gasteiger partial charge in [-0.25, -0.2) is 0 Å². The van der Waals surface area contributed by atoms with Gasteiger partial charge in [0.15, 0.2) is 5.17 Å². The van der Waals surface area contributed by atoms with Crippen molar-refractivity contribution in [3.8, 4) is 0 Å². The highest BCUT2D eigenvalue weighted by Gasteiger charge is 2.44. The van der Waals surface area contributed by atoms with Crippen LogP contribution in [0.25, 0.3) is 0 Å². The van der Waals surface area contributed by atoms with Crippen molar-refractivity contribution in [1.29, 1.82) is 0 Å². The Morgan fingerprint density at radius 1 is 1.33 bits per heavy atom. The average Bonchev–Trinajstić information content (AvgIpc) is 2.87. The first-order valence-electron chi connectivity index (χ1n) is 5.48. The minimum Gasteiger partial charge on any atom is -0.345 e. The molecule has 15 heavy (non-hydrogen) atoms.